The van der Waals surface area contributed by atoms with Gasteiger partial charge in [-0.1, -0.05) is 75.4 Å². The number of nitrogens with zero attached hydrogens (tertiary/aromatic N) is 1. The van der Waals surface area contributed by atoms with Gasteiger partial charge in [0.1, 0.15) is 12.4 Å². The van der Waals surface area contributed by atoms with Gasteiger partial charge in [0.05, 0.1) is 6.42 Å². The average molecular weight is 610 g/mol. The lowest BCUT2D eigenvalue weighted by Gasteiger charge is -2.22. The quantitative estimate of drug-likeness (QED) is 0.222. The molecule has 0 unspecified atom stereocenters. The van der Waals surface area contributed by atoms with Gasteiger partial charge in [0.2, 0.25) is 5.91 Å². The first kappa shape index (κ1) is 25.1. The number of carbonyl (C=O) groups excluding carboxylic acids is 1. The summed E-state index contributed by atoms with van der Waals surface area (Å²) >= 11 is 7.00. The monoisotopic (exact) mass is 608 g/mol. The summed E-state index contributed by atoms with van der Waals surface area (Å²) in [4.78, 5) is 13.0. The summed E-state index contributed by atoms with van der Waals surface area (Å²) in [6.07, 6.45) is 8.37. The third kappa shape index (κ3) is 6.40. The first-order chi connectivity index (χ1) is 17.5. The van der Waals surface area contributed by atoms with Crippen molar-refractivity contribution in [2.24, 2.45) is 0 Å². The van der Waals surface area contributed by atoms with Gasteiger partial charge in [-0.15, -0.1) is 0 Å². The molecule has 5 rings (SSSR count). The van der Waals surface area contributed by atoms with Gasteiger partial charge in [-0.05, 0) is 72.0 Å². The van der Waals surface area contributed by atoms with E-state index in [1.165, 1.54) is 24.8 Å². The van der Waals surface area contributed by atoms with Crippen molar-refractivity contribution < 1.29 is 9.53 Å². The second kappa shape index (κ2) is 11.7. The molecule has 0 spiro atoms. The Labute approximate surface area is 229 Å². The van der Waals surface area contributed by atoms with Crippen LogP contribution in [0.15, 0.2) is 81.9 Å². The molecule has 0 atom stereocenters. The van der Waals surface area contributed by atoms with E-state index in [9.17, 15) is 4.79 Å². The fourth-order valence-electron chi connectivity index (χ4n) is 4.94. The topological polar surface area (TPSA) is 43.3 Å². The Kier molecular flexibility index (Phi) is 8.12. The SMILES string of the molecule is O=C(Cc1cn(Cc2ccc(Br)cc2)c2ccc(OCc3ccc(Br)cc3)cc12)NC1CCCCC1. The molecule has 0 saturated heterocycles. The number of hydrogen-bond donors (Lipinski definition) is 1. The number of aromatic nitrogens is 1. The lowest BCUT2D eigenvalue weighted by molar-refractivity contribution is -0.121. The Morgan fingerprint density at radius 3 is 2.25 bits per heavy atom. The van der Waals surface area contributed by atoms with Crippen molar-refractivity contribution in [3.05, 3.63) is 98.6 Å². The summed E-state index contributed by atoms with van der Waals surface area (Å²) in [5, 5.41) is 4.34. The molecule has 1 heterocycles. The third-order valence-corrected chi connectivity index (χ3v) is 7.90. The number of ether oxygens (including phenoxy) is 1. The molecule has 36 heavy (non-hydrogen) atoms. The van der Waals surface area contributed by atoms with Crippen molar-refractivity contribution in [1.82, 2.24) is 9.88 Å². The summed E-state index contributed by atoms with van der Waals surface area (Å²) in [5.74, 6) is 0.909. The molecule has 186 valence electrons. The molecule has 0 radical (unpaired) electrons. The second-order valence-electron chi connectivity index (χ2n) is 9.58. The van der Waals surface area contributed by atoms with Crippen LogP contribution in [-0.2, 0) is 24.4 Å². The molecule has 1 N–H and O–H groups in total. The van der Waals surface area contributed by atoms with Gasteiger partial charge in [-0.2, -0.15) is 0 Å². The zero-order valence-corrected chi connectivity index (χ0v) is 23.4. The lowest BCUT2D eigenvalue weighted by atomic mass is 9.95. The van der Waals surface area contributed by atoms with E-state index in [4.69, 9.17) is 4.74 Å². The van der Waals surface area contributed by atoms with Crippen LogP contribution < -0.4 is 10.1 Å². The molecule has 1 aliphatic carbocycles. The molecule has 1 aliphatic rings. The maximum atomic E-state index is 13.0. The molecule has 4 aromatic rings. The summed E-state index contributed by atoms with van der Waals surface area (Å²) < 4.78 is 10.5. The second-order valence-corrected chi connectivity index (χ2v) is 11.4. The van der Waals surface area contributed by atoms with Crippen LogP contribution in [0.3, 0.4) is 0 Å². The first-order valence-corrected chi connectivity index (χ1v) is 14.1. The van der Waals surface area contributed by atoms with Crippen LogP contribution in [0.2, 0.25) is 0 Å². The van der Waals surface area contributed by atoms with Gasteiger partial charge >= 0.3 is 0 Å². The fraction of sp³-hybridized carbons (Fsp3) is 0.300. The number of halogens is 2. The Morgan fingerprint density at radius 1 is 0.889 bits per heavy atom. The average Bonchev–Trinajstić information content (AvgIpc) is 3.21. The standard InChI is InChI=1S/C30H30Br2N2O2/c31-24-10-6-21(7-11-24)18-34-19-23(16-30(35)33-26-4-2-1-3-5-26)28-17-27(14-15-29(28)34)36-20-22-8-12-25(32)13-9-22/h6-15,17,19,26H,1-5,16,18,20H2,(H,33,35). The number of fused-ring (bicyclic) bond motifs is 1. The number of rotatable bonds is 8. The summed E-state index contributed by atoms with van der Waals surface area (Å²) in [5.41, 5.74) is 4.46. The predicted molar refractivity (Wildman–Crippen MR) is 152 cm³/mol. The number of hydrogen-bond acceptors (Lipinski definition) is 2. The van der Waals surface area contributed by atoms with Crippen LogP contribution in [-0.4, -0.2) is 16.5 Å². The number of amides is 1. The normalized spacial score (nSPS) is 14.2. The minimum absolute atomic E-state index is 0.103. The van der Waals surface area contributed by atoms with Crippen LogP contribution in [0.4, 0.5) is 0 Å². The minimum atomic E-state index is 0.103. The van der Waals surface area contributed by atoms with Crippen molar-refractivity contribution in [3.63, 3.8) is 0 Å². The summed E-state index contributed by atoms with van der Waals surface area (Å²) in [6, 6.07) is 23.0. The Bertz CT molecular complexity index is 1320. The van der Waals surface area contributed by atoms with Crippen molar-refractivity contribution >= 4 is 48.7 Å². The van der Waals surface area contributed by atoms with Crippen molar-refractivity contribution in [3.8, 4) is 5.75 Å². The van der Waals surface area contributed by atoms with E-state index in [1.54, 1.807) is 0 Å². The van der Waals surface area contributed by atoms with Gasteiger partial charge < -0.3 is 14.6 Å². The number of carbonyl (C=O) groups is 1. The van der Waals surface area contributed by atoms with Gasteiger partial charge in [0.15, 0.2) is 0 Å². The molecule has 1 aromatic heterocycles. The zero-order chi connectivity index (χ0) is 24.9. The van der Waals surface area contributed by atoms with E-state index in [1.807, 2.05) is 18.2 Å². The van der Waals surface area contributed by atoms with Gasteiger partial charge in [-0.25, -0.2) is 0 Å². The number of benzene rings is 3. The molecule has 3 aromatic carbocycles. The first-order valence-electron chi connectivity index (χ1n) is 12.6. The van der Waals surface area contributed by atoms with Gasteiger partial charge in [0, 0.05) is 38.6 Å². The van der Waals surface area contributed by atoms with E-state index in [0.29, 0.717) is 19.1 Å². The Hall–Kier alpha value is -2.57. The molecule has 0 aliphatic heterocycles. The zero-order valence-electron chi connectivity index (χ0n) is 20.2. The van der Waals surface area contributed by atoms with Crippen LogP contribution >= 0.6 is 31.9 Å². The molecule has 1 fully saturated rings. The molecule has 1 amide bonds. The van der Waals surface area contributed by atoms with Gasteiger partial charge in [0.25, 0.3) is 0 Å². The highest BCUT2D eigenvalue weighted by Gasteiger charge is 2.18. The molecule has 1 saturated carbocycles. The third-order valence-electron chi connectivity index (χ3n) is 6.84. The molecule has 0 bridgehead atoms. The number of nitrogens with one attached hydrogen (secondary N) is 1. The van der Waals surface area contributed by atoms with E-state index >= 15 is 0 Å². The largest absolute Gasteiger partial charge is 0.489 e. The predicted octanol–water partition coefficient (Wildman–Crippen LogP) is 7.79. The highest BCUT2D eigenvalue weighted by molar-refractivity contribution is 9.10. The molecular weight excluding hydrogens is 580 g/mol. The van der Waals surface area contributed by atoms with Crippen molar-refractivity contribution in [2.45, 2.75) is 57.7 Å². The molecule has 6 heteroatoms. The highest BCUT2D eigenvalue weighted by atomic mass is 79.9. The smallest absolute Gasteiger partial charge is 0.224 e. The fourth-order valence-corrected chi connectivity index (χ4v) is 5.47. The van der Waals surface area contributed by atoms with Crippen LogP contribution in [0.25, 0.3) is 10.9 Å². The van der Waals surface area contributed by atoms with Gasteiger partial charge in [-0.3, -0.25) is 4.79 Å². The van der Waals surface area contributed by atoms with Crippen LogP contribution in [0, 0.1) is 0 Å². The maximum absolute atomic E-state index is 13.0. The van der Waals surface area contributed by atoms with Crippen molar-refractivity contribution in [2.75, 3.05) is 0 Å². The highest BCUT2D eigenvalue weighted by Crippen LogP contribution is 2.29. The minimum Gasteiger partial charge on any atom is -0.489 e. The van der Waals surface area contributed by atoms with E-state index < -0.39 is 0 Å². The lowest BCUT2D eigenvalue weighted by Crippen LogP contribution is -2.37. The van der Waals surface area contributed by atoms with Crippen LogP contribution in [0.5, 0.6) is 5.75 Å². The Morgan fingerprint density at radius 2 is 1.56 bits per heavy atom. The summed E-state index contributed by atoms with van der Waals surface area (Å²) in [7, 11) is 0. The maximum Gasteiger partial charge on any atom is 0.224 e. The van der Waals surface area contributed by atoms with E-state index in [-0.39, 0.29) is 5.91 Å². The van der Waals surface area contributed by atoms with E-state index in [2.05, 4.69) is 96.5 Å². The summed E-state index contributed by atoms with van der Waals surface area (Å²) in [6.45, 7) is 1.24. The Balaban J connectivity index is 1.39. The van der Waals surface area contributed by atoms with E-state index in [0.717, 1.165) is 56.1 Å². The van der Waals surface area contributed by atoms with Crippen LogP contribution in [0.1, 0.15) is 48.8 Å². The van der Waals surface area contributed by atoms with Crippen molar-refractivity contribution in [1.29, 1.82) is 0 Å². The molecule has 4 nitrogen and oxygen atoms in total. The molecular formula is C30H30Br2N2O2.